The fraction of sp³-hybridized carbons (Fsp3) is 0.158. The smallest absolute Gasteiger partial charge is 0.0462 e. The minimum atomic E-state index is 1.13. The van der Waals surface area contributed by atoms with Crippen molar-refractivity contribution < 1.29 is 0 Å². The van der Waals surface area contributed by atoms with Crippen LogP contribution in [0.5, 0.6) is 0 Å². The molecule has 1 heteroatoms. The van der Waals surface area contributed by atoms with Gasteiger partial charge in [-0.1, -0.05) is 136 Å². The van der Waals surface area contributed by atoms with E-state index >= 15 is 0 Å². The maximum absolute atomic E-state index is 2.30. The Labute approximate surface area is 236 Å². The van der Waals surface area contributed by atoms with Crippen LogP contribution in [0, 0.1) is 13.8 Å². The number of anilines is 3. The van der Waals surface area contributed by atoms with Gasteiger partial charge in [-0.3, -0.25) is 0 Å². The van der Waals surface area contributed by atoms with Crippen molar-refractivity contribution in [2.75, 3.05) is 4.90 Å². The van der Waals surface area contributed by atoms with Gasteiger partial charge < -0.3 is 4.90 Å². The van der Waals surface area contributed by atoms with Crippen LogP contribution in [0.25, 0.3) is 11.6 Å². The Morgan fingerprint density at radius 3 is 1.33 bits per heavy atom. The van der Waals surface area contributed by atoms with E-state index in [2.05, 4.69) is 158 Å². The average molecular weight is 512 g/mol. The van der Waals surface area contributed by atoms with E-state index in [0.29, 0.717) is 0 Å². The van der Waals surface area contributed by atoms with E-state index in [9.17, 15) is 0 Å². The molecule has 0 N–H and O–H groups in total. The van der Waals surface area contributed by atoms with Crippen molar-refractivity contribution in [1.29, 1.82) is 0 Å². The molecule has 0 amide bonds. The summed E-state index contributed by atoms with van der Waals surface area (Å²) < 4.78 is 0. The highest BCUT2D eigenvalue weighted by Crippen LogP contribution is 2.35. The minimum Gasteiger partial charge on any atom is -0.311 e. The van der Waals surface area contributed by atoms with Gasteiger partial charge in [-0.15, -0.1) is 0 Å². The molecule has 0 saturated carbocycles. The average Bonchev–Trinajstić information content (AvgIpc) is 3.01. The zero-order chi connectivity index (χ0) is 28.0. The van der Waals surface area contributed by atoms with Crippen LogP contribution in [0.2, 0.25) is 0 Å². The lowest BCUT2D eigenvalue weighted by Crippen LogP contribution is -2.09. The number of benzene rings is 5. The van der Waals surface area contributed by atoms with Crippen LogP contribution >= 0.6 is 0 Å². The van der Waals surface area contributed by atoms with Gasteiger partial charge in [0.2, 0.25) is 0 Å². The highest BCUT2D eigenvalue weighted by Gasteiger charge is 2.12. The predicted molar refractivity (Wildman–Crippen MR) is 173 cm³/mol. The molecule has 198 valence electrons. The second kappa shape index (κ2) is 15.1. The van der Waals surface area contributed by atoms with Crippen LogP contribution in [0.3, 0.4) is 0 Å². The zero-order valence-corrected chi connectivity index (χ0v) is 24.2. The molecule has 0 aromatic heterocycles. The molecule has 0 saturated heterocycles. The van der Waals surface area contributed by atoms with Crippen LogP contribution in [-0.2, 0) is 0 Å². The standard InChI is InChI=1S/C34H29N.2C2H6/c1-26-13-19-30(20-14-26)34(29-9-5-3-6-10-29)25-28-17-23-33(24-18-28)35(31-11-7-4-8-12-31)32-21-15-27(2)16-22-32;2*1-2/h3-25H,1-2H3;2*1-2H3. The lowest BCUT2D eigenvalue weighted by Gasteiger charge is -2.25. The summed E-state index contributed by atoms with van der Waals surface area (Å²) in [5.74, 6) is 0. The predicted octanol–water partition coefficient (Wildman–Crippen LogP) is 11.4. The van der Waals surface area contributed by atoms with Crippen LogP contribution < -0.4 is 4.90 Å². The van der Waals surface area contributed by atoms with Crippen molar-refractivity contribution in [1.82, 2.24) is 0 Å². The highest BCUT2D eigenvalue weighted by molar-refractivity contribution is 5.91. The molecular formula is C38H41N. The molecule has 1 nitrogen and oxygen atoms in total. The lowest BCUT2D eigenvalue weighted by molar-refractivity contribution is 1.27. The van der Waals surface area contributed by atoms with Gasteiger partial charge in [-0.25, -0.2) is 0 Å². The van der Waals surface area contributed by atoms with Gasteiger partial charge in [0, 0.05) is 17.1 Å². The molecule has 0 radical (unpaired) electrons. The first-order chi connectivity index (χ1) is 19.2. The summed E-state index contributed by atoms with van der Waals surface area (Å²) in [6, 6.07) is 47.4. The number of nitrogens with zero attached hydrogens (tertiary/aromatic N) is 1. The number of hydrogen-bond donors (Lipinski definition) is 0. The Hall–Kier alpha value is -4.36. The van der Waals surface area contributed by atoms with E-state index in [0.717, 1.165) is 17.1 Å². The Morgan fingerprint density at radius 2 is 0.821 bits per heavy atom. The van der Waals surface area contributed by atoms with Crippen molar-refractivity contribution >= 4 is 28.7 Å². The molecule has 5 rings (SSSR count). The molecule has 5 aromatic carbocycles. The van der Waals surface area contributed by atoms with E-state index < -0.39 is 0 Å². The van der Waals surface area contributed by atoms with Crippen LogP contribution in [0.15, 0.2) is 133 Å². The van der Waals surface area contributed by atoms with Gasteiger partial charge >= 0.3 is 0 Å². The zero-order valence-electron chi connectivity index (χ0n) is 24.2. The molecule has 0 atom stereocenters. The van der Waals surface area contributed by atoms with E-state index in [1.54, 1.807) is 0 Å². The van der Waals surface area contributed by atoms with Gasteiger partial charge in [-0.05, 0) is 78.6 Å². The number of aryl methyl sites for hydroxylation is 2. The van der Waals surface area contributed by atoms with Crippen molar-refractivity contribution in [3.8, 4) is 0 Å². The molecule has 0 aliphatic carbocycles. The molecular weight excluding hydrogens is 470 g/mol. The quantitative estimate of drug-likeness (QED) is 0.205. The molecule has 0 unspecified atom stereocenters. The van der Waals surface area contributed by atoms with E-state index in [-0.39, 0.29) is 0 Å². The van der Waals surface area contributed by atoms with Gasteiger partial charge in [0.15, 0.2) is 0 Å². The Balaban J connectivity index is 0.00000100. The summed E-state index contributed by atoms with van der Waals surface area (Å²) in [7, 11) is 0. The van der Waals surface area contributed by atoms with Gasteiger partial charge in [0.1, 0.15) is 0 Å². The topological polar surface area (TPSA) is 3.24 Å². The maximum atomic E-state index is 2.30. The third-order valence-electron chi connectivity index (χ3n) is 6.22. The largest absolute Gasteiger partial charge is 0.311 e. The number of hydrogen-bond acceptors (Lipinski definition) is 1. The number of rotatable bonds is 6. The SMILES string of the molecule is CC.CC.Cc1ccc(C(=Cc2ccc(N(c3ccccc3)c3ccc(C)cc3)cc2)c2ccccc2)cc1. The summed E-state index contributed by atoms with van der Waals surface area (Å²) in [6.45, 7) is 12.2. The lowest BCUT2D eigenvalue weighted by atomic mass is 9.95. The third kappa shape index (κ3) is 7.82. The van der Waals surface area contributed by atoms with Crippen molar-refractivity contribution in [3.63, 3.8) is 0 Å². The summed E-state index contributed by atoms with van der Waals surface area (Å²) in [5, 5.41) is 0. The molecule has 0 fully saturated rings. The molecule has 0 heterocycles. The van der Waals surface area contributed by atoms with Crippen LogP contribution in [0.1, 0.15) is 55.5 Å². The minimum absolute atomic E-state index is 1.13. The monoisotopic (exact) mass is 511 g/mol. The summed E-state index contributed by atoms with van der Waals surface area (Å²) in [4.78, 5) is 2.30. The van der Waals surface area contributed by atoms with Crippen LogP contribution in [0.4, 0.5) is 17.1 Å². The van der Waals surface area contributed by atoms with E-state index in [4.69, 9.17) is 0 Å². The Kier molecular flexibility index (Phi) is 11.3. The van der Waals surface area contributed by atoms with Crippen molar-refractivity contribution in [2.24, 2.45) is 0 Å². The normalized spacial score (nSPS) is 10.5. The third-order valence-corrected chi connectivity index (χ3v) is 6.22. The molecule has 39 heavy (non-hydrogen) atoms. The van der Waals surface area contributed by atoms with Crippen LogP contribution in [-0.4, -0.2) is 0 Å². The summed E-state index contributed by atoms with van der Waals surface area (Å²) >= 11 is 0. The van der Waals surface area contributed by atoms with Gasteiger partial charge in [0.05, 0.1) is 0 Å². The van der Waals surface area contributed by atoms with E-state index in [1.165, 1.54) is 33.4 Å². The first-order valence-corrected chi connectivity index (χ1v) is 14.0. The van der Waals surface area contributed by atoms with E-state index in [1.807, 2.05) is 27.7 Å². The molecule has 0 spiro atoms. The second-order valence-corrected chi connectivity index (χ2v) is 8.89. The van der Waals surface area contributed by atoms with Crippen molar-refractivity contribution in [2.45, 2.75) is 41.5 Å². The van der Waals surface area contributed by atoms with Gasteiger partial charge in [0.25, 0.3) is 0 Å². The molecule has 0 bridgehead atoms. The maximum Gasteiger partial charge on any atom is 0.0462 e. The summed E-state index contributed by atoms with van der Waals surface area (Å²) in [5.41, 5.74) is 10.8. The first-order valence-electron chi connectivity index (χ1n) is 14.0. The summed E-state index contributed by atoms with van der Waals surface area (Å²) in [6.07, 6.45) is 2.28. The Morgan fingerprint density at radius 1 is 0.436 bits per heavy atom. The number of para-hydroxylation sites is 1. The van der Waals surface area contributed by atoms with Crippen molar-refractivity contribution in [3.05, 3.63) is 161 Å². The highest BCUT2D eigenvalue weighted by atomic mass is 15.1. The molecule has 5 aromatic rings. The van der Waals surface area contributed by atoms with Gasteiger partial charge in [-0.2, -0.15) is 0 Å². The Bertz CT molecular complexity index is 1400. The first kappa shape index (κ1) is 29.2. The second-order valence-electron chi connectivity index (χ2n) is 8.89. The molecule has 0 aliphatic heterocycles. The fourth-order valence-electron chi connectivity index (χ4n) is 4.29. The molecule has 0 aliphatic rings. The fourth-order valence-corrected chi connectivity index (χ4v) is 4.29.